The molecule has 0 spiro atoms. The fourth-order valence-electron chi connectivity index (χ4n) is 3.82. The largest absolute Gasteiger partial charge is 0.322 e. The predicted octanol–water partition coefficient (Wildman–Crippen LogP) is 5.13. The number of anilines is 2. The lowest BCUT2D eigenvalue weighted by Gasteiger charge is -2.33. The van der Waals surface area contributed by atoms with Crippen LogP contribution in [0.2, 0.25) is 0 Å². The lowest BCUT2D eigenvalue weighted by Crippen LogP contribution is -2.22. The smallest absolute Gasteiger partial charge is 0.209 e. The Hall–Kier alpha value is -2.02. The average Bonchev–Trinajstić information content (AvgIpc) is 3.19. The zero-order valence-electron chi connectivity index (χ0n) is 15.9. The molecule has 6 nitrogen and oxygen atoms in total. The van der Waals surface area contributed by atoms with Crippen molar-refractivity contribution in [2.45, 2.75) is 68.7 Å². The van der Waals surface area contributed by atoms with Gasteiger partial charge in [0.05, 0.1) is 0 Å². The summed E-state index contributed by atoms with van der Waals surface area (Å²) in [6.45, 7) is 4.75. The average molecular weight is 383 g/mol. The number of hydrogen-bond donors (Lipinski definition) is 2. The molecule has 0 saturated heterocycles. The molecule has 142 valence electrons. The van der Waals surface area contributed by atoms with Gasteiger partial charge in [-0.3, -0.25) is 5.10 Å². The van der Waals surface area contributed by atoms with Crippen LogP contribution in [0, 0.1) is 5.41 Å². The fourth-order valence-corrected chi connectivity index (χ4v) is 4.87. The molecule has 27 heavy (non-hydrogen) atoms. The molecule has 0 atom stereocenters. The van der Waals surface area contributed by atoms with Crippen molar-refractivity contribution in [1.29, 1.82) is 0 Å². The van der Waals surface area contributed by atoms with E-state index < -0.39 is 0 Å². The number of aromatic amines is 1. The first-order valence-corrected chi connectivity index (χ1v) is 10.8. The zero-order chi connectivity index (χ0) is 18.4. The third-order valence-electron chi connectivity index (χ3n) is 5.79. The van der Waals surface area contributed by atoms with Crippen molar-refractivity contribution in [2.24, 2.45) is 5.41 Å². The lowest BCUT2D eigenvalue weighted by molar-refractivity contribution is 0.249. The van der Waals surface area contributed by atoms with Crippen LogP contribution in [0.3, 0.4) is 0 Å². The molecule has 3 aromatic heterocycles. The second-order valence-electron chi connectivity index (χ2n) is 8.67. The number of rotatable bonds is 5. The van der Waals surface area contributed by atoms with Crippen molar-refractivity contribution in [2.75, 3.05) is 5.32 Å². The van der Waals surface area contributed by atoms with Gasteiger partial charge in [0.1, 0.15) is 5.52 Å². The van der Waals surface area contributed by atoms with Crippen molar-refractivity contribution in [3.8, 4) is 0 Å². The van der Waals surface area contributed by atoms with Crippen LogP contribution in [-0.2, 0) is 0 Å². The van der Waals surface area contributed by atoms with Crippen LogP contribution >= 0.6 is 11.8 Å². The van der Waals surface area contributed by atoms with Crippen molar-refractivity contribution in [1.82, 2.24) is 24.8 Å². The van der Waals surface area contributed by atoms with Gasteiger partial charge in [-0.25, -0.2) is 9.50 Å². The number of nitrogens with zero attached hydrogens (tertiary/aromatic N) is 4. The molecule has 5 rings (SSSR count). The van der Waals surface area contributed by atoms with Crippen LogP contribution in [0.25, 0.3) is 5.52 Å². The SMILES string of the molecule is CC1(C)CCC(Sc2nc(Nc3cc(C4CC4)[nH]n3)c3cccn3n2)CC1. The Kier molecular flexibility index (Phi) is 4.15. The first kappa shape index (κ1) is 17.1. The molecular formula is C20H26N6S. The minimum absolute atomic E-state index is 0.480. The maximum atomic E-state index is 4.83. The molecule has 2 aliphatic rings. The molecule has 0 aromatic carbocycles. The van der Waals surface area contributed by atoms with Gasteiger partial charge in [0, 0.05) is 29.1 Å². The molecule has 2 fully saturated rings. The van der Waals surface area contributed by atoms with Crippen molar-refractivity contribution in [3.63, 3.8) is 0 Å². The standard InChI is InChI=1S/C20H26N6S/c1-20(2)9-7-14(8-10-20)27-19-22-18(16-4-3-11-26(16)25-19)21-17-12-15(23-24-17)13-5-6-13/h3-4,11-14H,5-10H2,1-2H3,(H2,21,22,23,24,25). The van der Waals surface area contributed by atoms with Crippen LogP contribution in [0.15, 0.2) is 29.6 Å². The lowest BCUT2D eigenvalue weighted by atomic mass is 9.77. The Morgan fingerprint density at radius 3 is 2.81 bits per heavy atom. The Morgan fingerprint density at radius 2 is 2.04 bits per heavy atom. The van der Waals surface area contributed by atoms with E-state index in [0.29, 0.717) is 16.6 Å². The Balaban J connectivity index is 1.37. The summed E-state index contributed by atoms with van der Waals surface area (Å²) < 4.78 is 1.92. The Labute approximate surface area is 163 Å². The number of hydrogen-bond acceptors (Lipinski definition) is 5. The molecule has 2 N–H and O–H groups in total. The summed E-state index contributed by atoms with van der Waals surface area (Å²) in [5, 5.41) is 17.1. The normalized spacial score (nSPS) is 20.2. The summed E-state index contributed by atoms with van der Waals surface area (Å²) in [5.41, 5.74) is 2.67. The van der Waals surface area contributed by atoms with Crippen LogP contribution in [0.5, 0.6) is 0 Å². The van der Waals surface area contributed by atoms with Gasteiger partial charge < -0.3 is 5.32 Å². The first-order valence-electron chi connectivity index (χ1n) is 9.90. The van der Waals surface area contributed by atoms with Crippen LogP contribution in [-0.4, -0.2) is 30.0 Å². The second kappa shape index (κ2) is 6.55. The topological polar surface area (TPSA) is 70.9 Å². The van der Waals surface area contributed by atoms with Gasteiger partial charge >= 0.3 is 0 Å². The number of fused-ring (bicyclic) bond motifs is 1. The summed E-state index contributed by atoms with van der Waals surface area (Å²) in [6.07, 6.45) is 9.53. The van der Waals surface area contributed by atoms with E-state index in [2.05, 4.69) is 35.4 Å². The third-order valence-corrected chi connectivity index (χ3v) is 6.98. The van der Waals surface area contributed by atoms with Crippen LogP contribution in [0.1, 0.15) is 64.0 Å². The van der Waals surface area contributed by atoms with Gasteiger partial charge in [-0.1, -0.05) is 25.6 Å². The molecule has 7 heteroatoms. The number of nitrogens with one attached hydrogen (secondary N) is 2. The molecule has 0 radical (unpaired) electrons. The minimum Gasteiger partial charge on any atom is -0.322 e. The van der Waals surface area contributed by atoms with Crippen LogP contribution in [0.4, 0.5) is 11.6 Å². The molecule has 0 bridgehead atoms. The van der Waals surface area contributed by atoms with Crippen LogP contribution < -0.4 is 5.32 Å². The van der Waals surface area contributed by atoms with Gasteiger partial charge in [0.2, 0.25) is 5.16 Å². The highest BCUT2D eigenvalue weighted by atomic mass is 32.2. The van der Waals surface area contributed by atoms with Gasteiger partial charge in [-0.15, -0.1) is 5.10 Å². The maximum Gasteiger partial charge on any atom is 0.209 e. The van der Waals surface area contributed by atoms with E-state index in [9.17, 15) is 0 Å². The summed E-state index contributed by atoms with van der Waals surface area (Å²) >= 11 is 1.82. The second-order valence-corrected chi connectivity index (χ2v) is 9.94. The van der Waals surface area contributed by atoms with Gasteiger partial charge in [-0.2, -0.15) is 5.10 Å². The highest BCUT2D eigenvalue weighted by Crippen LogP contribution is 2.42. The molecule has 3 aromatic rings. The fraction of sp³-hybridized carbons (Fsp3) is 0.550. The van der Waals surface area contributed by atoms with E-state index >= 15 is 0 Å². The summed E-state index contributed by atoms with van der Waals surface area (Å²) in [7, 11) is 0. The quantitative estimate of drug-likeness (QED) is 0.640. The molecule has 0 amide bonds. The minimum atomic E-state index is 0.480. The van der Waals surface area contributed by atoms with E-state index in [-0.39, 0.29) is 0 Å². The van der Waals surface area contributed by atoms with Crippen molar-refractivity contribution in [3.05, 3.63) is 30.1 Å². The van der Waals surface area contributed by atoms with Crippen molar-refractivity contribution < 1.29 is 0 Å². The Bertz CT molecular complexity index is 944. The number of thioether (sulfide) groups is 1. The highest BCUT2D eigenvalue weighted by molar-refractivity contribution is 7.99. The Morgan fingerprint density at radius 1 is 1.22 bits per heavy atom. The van der Waals surface area contributed by atoms with E-state index in [4.69, 9.17) is 10.1 Å². The molecule has 0 unspecified atom stereocenters. The molecule has 2 saturated carbocycles. The van der Waals surface area contributed by atoms with E-state index in [1.165, 1.54) is 44.2 Å². The highest BCUT2D eigenvalue weighted by Gasteiger charge is 2.28. The van der Waals surface area contributed by atoms with Crippen molar-refractivity contribution >= 4 is 28.9 Å². The third kappa shape index (κ3) is 3.70. The van der Waals surface area contributed by atoms with Gasteiger partial charge in [0.15, 0.2) is 11.6 Å². The van der Waals surface area contributed by atoms with Gasteiger partial charge in [-0.05, 0) is 56.1 Å². The first-order chi connectivity index (χ1) is 13.1. The molecule has 0 aliphatic heterocycles. The van der Waals surface area contributed by atoms with E-state index in [1.54, 1.807) is 0 Å². The van der Waals surface area contributed by atoms with E-state index in [1.807, 2.05) is 34.6 Å². The summed E-state index contributed by atoms with van der Waals surface area (Å²) in [4.78, 5) is 4.83. The number of H-pyrrole nitrogens is 1. The number of aromatic nitrogens is 5. The molecule has 3 heterocycles. The zero-order valence-corrected chi connectivity index (χ0v) is 16.7. The predicted molar refractivity (Wildman–Crippen MR) is 109 cm³/mol. The molecule has 2 aliphatic carbocycles. The monoisotopic (exact) mass is 382 g/mol. The van der Waals surface area contributed by atoms with E-state index in [0.717, 1.165) is 22.3 Å². The van der Waals surface area contributed by atoms with Gasteiger partial charge in [0.25, 0.3) is 0 Å². The summed E-state index contributed by atoms with van der Waals surface area (Å²) in [5.74, 6) is 2.31. The summed E-state index contributed by atoms with van der Waals surface area (Å²) in [6, 6.07) is 6.15. The maximum absolute atomic E-state index is 4.83. The molecular weight excluding hydrogens is 356 g/mol.